The third-order valence-corrected chi connectivity index (χ3v) is 2.81. The molecule has 0 radical (unpaired) electrons. The molecule has 2 aliphatic rings. The lowest BCUT2D eigenvalue weighted by Crippen LogP contribution is -2.54. The predicted octanol–water partition coefficient (Wildman–Crippen LogP) is -0.527. The molecule has 2 N–H and O–H groups in total. The molecule has 0 aromatic rings. The number of nitrogens with two attached hydrogens (primary N) is 1. The zero-order valence-corrected chi connectivity index (χ0v) is 8.11. The molecule has 2 heterocycles. The first-order chi connectivity index (χ1) is 6.70. The molecule has 0 aromatic carbocycles. The van der Waals surface area contributed by atoms with Crippen molar-refractivity contribution in [2.75, 3.05) is 13.1 Å². The van der Waals surface area contributed by atoms with Crippen molar-refractivity contribution >= 4 is 11.8 Å². The van der Waals surface area contributed by atoms with Gasteiger partial charge in [0.15, 0.2) is 0 Å². The highest BCUT2D eigenvalue weighted by molar-refractivity contribution is 5.88. The molecule has 0 aromatic heterocycles. The number of amides is 2. The van der Waals surface area contributed by atoms with Crippen LogP contribution in [0.15, 0.2) is 0 Å². The quantitative estimate of drug-likeness (QED) is 0.568. The van der Waals surface area contributed by atoms with E-state index in [0.717, 1.165) is 12.8 Å². The van der Waals surface area contributed by atoms with Gasteiger partial charge in [0.25, 0.3) is 5.91 Å². The number of nitrogens with zero attached hydrogens (tertiary/aromatic N) is 2. The Kier molecular flexibility index (Phi) is 2.41. The van der Waals surface area contributed by atoms with E-state index in [4.69, 9.17) is 5.73 Å². The number of hydrogen-bond donors (Lipinski definition) is 1. The van der Waals surface area contributed by atoms with Crippen molar-refractivity contribution in [3.8, 4) is 0 Å². The maximum Gasteiger partial charge on any atom is 0.258 e. The Hall–Kier alpha value is -1.10. The number of rotatable bonds is 0. The highest BCUT2D eigenvalue weighted by Gasteiger charge is 2.34. The van der Waals surface area contributed by atoms with E-state index in [0.29, 0.717) is 25.9 Å². The van der Waals surface area contributed by atoms with E-state index >= 15 is 0 Å². The summed E-state index contributed by atoms with van der Waals surface area (Å²) in [7, 11) is 0. The van der Waals surface area contributed by atoms with Gasteiger partial charge in [-0.25, -0.2) is 0 Å². The van der Waals surface area contributed by atoms with E-state index in [-0.39, 0.29) is 11.8 Å². The van der Waals surface area contributed by atoms with Gasteiger partial charge in [0.1, 0.15) is 0 Å². The van der Waals surface area contributed by atoms with Crippen LogP contribution in [0.1, 0.15) is 25.7 Å². The first kappa shape index (κ1) is 9.45. The molecule has 2 aliphatic heterocycles. The SMILES string of the molecule is NC1CCC(=O)N2CCCCN2C1=O. The molecule has 2 fully saturated rings. The summed E-state index contributed by atoms with van der Waals surface area (Å²) in [5, 5.41) is 3.10. The smallest absolute Gasteiger partial charge is 0.258 e. The van der Waals surface area contributed by atoms with Crippen LogP contribution in [0.5, 0.6) is 0 Å². The molecular weight excluding hydrogens is 182 g/mol. The molecule has 2 saturated heterocycles. The minimum absolute atomic E-state index is 0.0333. The summed E-state index contributed by atoms with van der Waals surface area (Å²) in [6, 6.07) is -0.498. The van der Waals surface area contributed by atoms with Crippen LogP contribution < -0.4 is 5.73 Å². The van der Waals surface area contributed by atoms with Crippen molar-refractivity contribution in [1.82, 2.24) is 10.0 Å². The van der Waals surface area contributed by atoms with Crippen molar-refractivity contribution in [3.63, 3.8) is 0 Å². The minimum Gasteiger partial charge on any atom is -0.320 e. The fourth-order valence-corrected chi connectivity index (χ4v) is 1.98. The molecule has 2 rings (SSSR count). The molecule has 0 bridgehead atoms. The number of carbonyl (C=O) groups is 2. The van der Waals surface area contributed by atoms with Gasteiger partial charge in [-0.3, -0.25) is 19.6 Å². The highest BCUT2D eigenvalue weighted by atomic mass is 16.2. The molecule has 14 heavy (non-hydrogen) atoms. The van der Waals surface area contributed by atoms with Gasteiger partial charge in [0.2, 0.25) is 5.91 Å². The van der Waals surface area contributed by atoms with Gasteiger partial charge in [-0.1, -0.05) is 0 Å². The summed E-state index contributed by atoms with van der Waals surface area (Å²) >= 11 is 0. The van der Waals surface area contributed by atoms with Crippen LogP contribution >= 0.6 is 0 Å². The Morgan fingerprint density at radius 2 is 1.79 bits per heavy atom. The number of fused-ring (bicyclic) bond motifs is 1. The summed E-state index contributed by atoms with van der Waals surface area (Å²) in [5.74, 6) is -0.0680. The summed E-state index contributed by atoms with van der Waals surface area (Å²) < 4.78 is 0. The van der Waals surface area contributed by atoms with Crippen LogP contribution in [0.25, 0.3) is 0 Å². The average Bonchev–Trinajstić information content (AvgIpc) is 2.33. The standard InChI is InChI=1S/C9H15N3O2/c10-7-3-4-8(13)11-5-1-2-6-12(11)9(7)14/h7H,1-6,10H2. The first-order valence-corrected chi connectivity index (χ1v) is 5.07. The second-order valence-corrected chi connectivity index (χ2v) is 3.83. The fourth-order valence-electron chi connectivity index (χ4n) is 1.98. The Morgan fingerprint density at radius 1 is 1.14 bits per heavy atom. The molecule has 5 heteroatoms. The summed E-state index contributed by atoms with van der Waals surface area (Å²) in [6.07, 6.45) is 2.81. The lowest BCUT2D eigenvalue weighted by atomic mass is 10.1. The van der Waals surface area contributed by atoms with Crippen LogP contribution in [-0.2, 0) is 9.59 Å². The van der Waals surface area contributed by atoms with Crippen LogP contribution in [-0.4, -0.2) is 41.0 Å². The third-order valence-electron chi connectivity index (χ3n) is 2.81. The summed E-state index contributed by atoms with van der Waals surface area (Å²) in [6.45, 7) is 1.30. The van der Waals surface area contributed by atoms with Crippen molar-refractivity contribution in [2.45, 2.75) is 31.7 Å². The largest absolute Gasteiger partial charge is 0.320 e. The third kappa shape index (κ3) is 1.48. The molecular formula is C9H15N3O2. The van der Waals surface area contributed by atoms with Gasteiger partial charge in [-0.15, -0.1) is 0 Å². The molecule has 1 atom stereocenters. The van der Waals surface area contributed by atoms with E-state index in [9.17, 15) is 9.59 Å². The monoisotopic (exact) mass is 197 g/mol. The number of hydrazine groups is 1. The maximum absolute atomic E-state index is 11.7. The highest BCUT2D eigenvalue weighted by Crippen LogP contribution is 2.18. The topological polar surface area (TPSA) is 66.6 Å². The van der Waals surface area contributed by atoms with Crippen LogP contribution in [0.2, 0.25) is 0 Å². The molecule has 1 unspecified atom stereocenters. The van der Waals surface area contributed by atoms with Gasteiger partial charge in [0, 0.05) is 19.5 Å². The van der Waals surface area contributed by atoms with E-state index in [1.54, 1.807) is 5.01 Å². The lowest BCUT2D eigenvalue weighted by Gasteiger charge is -2.37. The molecule has 0 spiro atoms. The van der Waals surface area contributed by atoms with Crippen molar-refractivity contribution in [1.29, 1.82) is 0 Å². The van der Waals surface area contributed by atoms with Crippen molar-refractivity contribution < 1.29 is 9.59 Å². The second-order valence-electron chi connectivity index (χ2n) is 3.83. The lowest BCUT2D eigenvalue weighted by molar-refractivity contribution is -0.165. The van der Waals surface area contributed by atoms with E-state index < -0.39 is 6.04 Å². The Morgan fingerprint density at radius 3 is 2.50 bits per heavy atom. The van der Waals surface area contributed by atoms with Gasteiger partial charge < -0.3 is 5.73 Å². The molecule has 2 amide bonds. The van der Waals surface area contributed by atoms with Gasteiger partial charge in [-0.2, -0.15) is 0 Å². The van der Waals surface area contributed by atoms with Crippen molar-refractivity contribution in [2.24, 2.45) is 5.73 Å². The normalized spacial score (nSPS) is 28.8. The summed E-state index contributed by atoms with van der Waals surface area (Å²) in [4.78, 5) is 23.3. The minimum atomic E-state index is -0.498. The number of carbonyl (C=O) groups excluding carboxylic acids is 2. The Labute approximate surface area is 82.8 Å². The zero-order valence-electron chi connectivity index (χ0n) is 8.11. The predicted molar refractivity (Wildman–Crippen MR) is 49.9 cm³/mol. The Bertz CT molecular complexity index is 267. The zero-order chi connectivity index (χ0) is 10.1. The van der Waals surface area contributed by atoms with Crippen LogP contribution in [0, 0.1) is 0 Å². The molecule has 0 aliphatic carbocycles. The molecule has 0 saturated carbocycles. The van der Waals surface area contributed by atoms with Crippen molar-refractivity contribution in [3.05, 3.63) is 0 Å². The van der Waals surface area contributed by atoms with E-state index in [1.165, 1.54) is 5.01 Å². The summed E-state index contributed by atoms with van der Waals surface area (Å²) in [5.41, 5.74) is 5.68. The van der Waals surface area contributed by atoms with E-state index in [2.05, 4.69) is 0 Å². The fraction of sp³-hybridized carbons (Fsp3) is 0.778. The number of hydrogen-bond acceptors (Lipinski definition) is 3. The average molecular weight is 197 g/mol. The molecule has 78 valence electrons. The van der Waals surface area contributed by atoms with Crippen LogP contribution in [0.4, 0.5) is 0 Å². The first-order valence-electron chi connectivity index (χ1n) is 5.07. The van der Waals surface area contributed by atoms with Gasteiger partial charge >= 0.3 is 0 Å². The van der Waals surface area contributed by atoms with Gasteiger partial charge in [-0.05, 0) is 19.3 Å². The second kappa shape index (κ2) is 3.57. The Balaban J connectivity index is 2.22. The molecule has 5 nitrogen and oxygen atoms in total. The maximum atomic E-state index is 11.7. The van der Waals surface area contributed by atoms with Crippen LogP contribution in [0.3, 0.4) is 0 Å². The van der Waals surface area contributed by atoms with Gasteiger partial charge in [0.05, 0.1) is 6.04 Å². The van der Waals surface area contributed by atoms with E-state index in [1.807, 2.05) is 0 Å².